The molecule has 12 heterocycles. The highest BCUT2D eigenvalue weighted by atomic mass is 35.5. The fraction of sp³-hybridized carbons (Fsp3) is 0.306. The van der Waals surface area contributed by atoms with Crippen molar-refractivity contribution in [3.63, 3.8) is 0 Å². The van der Waals surface area contributed by atoms with Gasteiger partial charge in [-0.05, 0) is 159 Å². The highest BCUT2D eigenvalue weighted by Gasteiger charge is 2.50. The van der Waals surface area contributed by atoms with E-state index in [1.165, 1.54) is 38.5 Å². The van der Waals surface area contributed by atoms with Crippen LogP contribution in [0.1, 0.15) is 140 Å². The number of nitriles is 1. The van der Waals surface area contributed by atoms with Crippen LogP contribution in [0, 0.1) is 23.0 Å². The minimum absolute atomic E-state index is 0.0351. The van der Waals surface area contributed by atoms with E-state index in [-0.39, 0.29) is 34.9 Å². The number of aliphatic hydroxyl groups is 1. The number of benzene rings is 8. The van der Waals surface area contributed by atoms with Gasteiger partial charge in [0.25, 0.3) is 23.6 Å². The van der Waals surface area contributed by atoms with E-state index in [4.69, 9.17) is 54.2 Å². The van der Waals surface area contributed by atoms with Crippen LogP contribution in [0.2, 0.25) is 5.02 Å². The number of hydrogen-bond acceptors (Lipinski definition) is 16. The second kappa shape index (κ2) is 34.4. The number of aryl methyl sites for hydroxylation is 1. The van der Waals surface area contributed by atoms with Crippen molar-refractivity contribution >= 4 is 35.2 Å². The lowest BCUT2D eigenvalue weighted by Crippen LogP contribution is -2.50. The lowest BCUT2D eigenvalue weighted by Gasteiger charge is -2.45. The summed E-state index contributed by atoms with van der Waals surface area (Å²) in [6.07, 6.45) is 13.4. The first-order valence-corrected chi connectivity index (χ1v) is 42.2. The molecule has 0 radical (unpaired) electrons. The number of methoxy groups -OCH3 is 4. The molecule has 1 N–H and O–H groups in total. The number of fused-ring (bicyclic) bond motifs is 16. The number of para-hydroxylation sites is 5. The average Bonchev–Trinajstić information content (AvgIpc) is 1.65. The van der Waals surface area contributed by atoms with Crippen LogP contribution in [0.25, 0.3) is 28.3 Å². The van der Waals surface area contributed by atoms with E-state index in [1.807, 2.05) is 125 Å². The van der Waals surface area contributed by atoms with E-state index < -0.39 is 39.6 Å². The molecule has 8 aromatic carbocycles. The molecular weight excluding hydrogens is 1610 g/mol. The van der Waals surface area contributed by atoms with E-state index in [2.05, 4.69) is 73.7 Å². The summed E-state index contributed by atoms with van der Waals surface area (Å²) in [5.74, 6) is 3.20. The van der Waals surface area contributed by atoms with Gasteiger partial charge in [-0.25, -0.2) is 8.78 Å². The van der Waals surface area contributed by atoms with Crippen molar-refractivity contribution in [2.75, 3.05) is 94.0 Å². The molecule has 642 valence electrons. The SMILES string of the molecule is COCCOc1ccc(C(=O)N2CCC3(CC2)Oc2ccccc2-n2cccc23)cc1C#N.COc1cc(C(=O)N2CCC3(CC2)Oc2ccccc2-n2cccc23)ccc1C(C)(C)O.COc1cc(F)cc(C(=O)N2CCC3(CC2)Oc2cc(Cl)ccc2-n2cccc23)c1.COc1ccc(C(=O)N2CCC3(CC2)Oc2ccccc2-c2c3cnn2C)cc1F. The molecule has 0 aliphatic carbocycles. The maximum atomic E-state index is 14.0. The lowest BCUT2D eigenvalue weighted by molar-refractivity contribution is -0.00978. The molecule has 24 nitrogen and oxygen atoms in total. The zero-order valence-corrected chi connectivity index (χ0v) is 71.2. The summed E-state index contributed by atoms with van der Waals surface area (Å²) < 4.78 is 88.5. The Balaban J connectivity index is 0.000000118. The summed E-state index contributed by atoms with van der Waals surface area (Å²) >= 11 is 6.19. The van der Waals surface area contributed by atoms with Gasteiger partial charge in [0.1, 0.15) is 64.3 Å². The van der Waals surface area contributed by atoms with Crippen LogP contribution in [-0.4, -0.2) is 166 Å². The van der Waals surface area contributed by atoms with Gasteiger partial charge in [-0.1, -0.05) is 54.1 Å². The molecule has 0 atom stereocenters. The minimum atomic E-state index is -1.05. The molecule has 8 aliphatic rings. The van der Waals surface area contributed by atoms with Crippen LogP contribution in [0.5, 0.6) is 46.0 Å². The number of piperidine rings is 4. The number of carbonyl (C=O) groups is 4. The highest BCUT2D eigenvalue weighted by molar-refractivity contribution is 6.30. The van der Waals surface area contributed by atoms with Crippen LogP contribution < -0.4 is 37.9 Å². The third kappa shape index (κ3) is 16.0. The number of ether oxygens (including phenoxy) is 9. The molecule has 4 saturated heterocycles. The number of halogens is 3. The fourth-order valence-electron chi connectivity index (χ4n) is 18.5. The second-order valence-corrected chi connectivity index (χ2v) is 33.2. The summed E-state index contributed by atoms with van der Waals surface area (Å²) in [7, 11) is 7.93. The maximum Gasteiger partial charge on any atom is 0.254 e. The van der Waals surface area contributed by atoms with Gasteiger partial charge in [0.05, 0.1) is 85.1 Å². The molecule has 4 aromatic heterocycles. The van der Waals surface area contributed by atoms with Gasteiger partial charge < -0.3 is 81.0 Å². The Morgan fingerprint density at radius 3 is 1.44 bits per heavy atom. The summed E-state index contributed by atoms with van der Waals surface area (Å²) in [4.78, 5) is 59.6. The van der Waals surface area contributed by atoms with Crippen LogP contribution in [-0.2, 0) is 39.8 Å². The van der Waals surface area contributed by atoms with Crippen LogP contribution in [0.3, 0.4) is 0 Å². The van der Waals surface area contributed by atoms with Crippen LogP contribution in [0.4, 0.5) is 8.78 Å². The van der Waals surface area contributed by atoms with E-state index >= 15 is 0 Å². The van der Waals surface area contributed by atoms with E-state index in [0.29, 0.717) is 154 Å². The Hall–Kier alpha value is -13.4. The summed E-state index contributed by atoms with van der Waals surface area (Å²) in [5.41, 5.74) is 9.20. The Bertz CT molecular complexity index is 6130. The predicted molar refractivity (Wildman–Crippen MR) is 463 cm³/mol. The number of hydrogen-bond donors (Lipinski definition) is 1. The zero-order chi connectivity index (χ0) is 87.1. The van der Waals surface area contributed by atoms with Gasteiger partial charge in [0.2, 0.25) is 0 Å². The molecular formula is C98H95ClF2N10O14. The quantitative estimate of drug-likeness (QED) is 0.112. The third-order valence-corrected chi connectivity index (χ3v) is 25.3. The Morgan fingerprint density at radius 1 is 0.480 bits per heavy atom. The van der Waals surface area contributed by atoms with Gasteiger partial charge in [-0.3, -0.25) is 23.9 Å². The van der Waals surface area contributed by atoms with E-state index in [9.17, 15) is 38.3 Å². The number of carbonyl (C=O) groups excluding carboxylic acids is 4. The van der Waals surface area contributed by atoms with Crippen molar-refractivity contribution in [1.29, 1.82) is 5.26 Å². The normalized spacial score (nSPS) is 16.4. The molecule has 4 amide bonds. The molecule has 4 fully saturated rings. The second-order valence-electron chi connectivity index (χ2n) is 32.8. The molecule has 0 bridgehead atoms. The Labute approximate surface area is 727 Å². The standard InChI is InChI=1S/C26H25N3O4.C26H28N2O4.C23H20ClFN2O3.C23H22FN3O3/c1-31-15-16-32-22-9-8-19(17-20(22)18-27)25(30)28-13-10-26(11-14-28)24-7-4-12-29(24)21-5-2-3-6-23(21)33-26;1-25(2,30)19-11-10-18(17-22(19)31-3)24(29)27-15-12-26(13-16-27)23-9-6-14-28(23)20-7-4-5-8-21(20)32-26;1-29-18-12-15(11-17(25)14-18)22(28)26-9-6-23(7-10-26)21-3-2-8-27(21)19-5-4-16(24)13-20(19)30-23;1-26-21-16-5-3-4-6-19(16)30-23(17(21)14-25-26)9-11-27(12-10-23)22(28)15-7-8-20(29-2)18(24)13-15/h2-9,12,17H,10-11,13-16H2,1H3;4-11,14,17,30H,12-13,15-16H2,1-3H3;2-5,8,11-14H,6-7,9-10H2,1H3;3-8,13-14H,9-12H2,1-2H3. The van der Waals surface area contributed by atoms with Crippen molar-refractivity contribution < 1.29 is 75.7 Å². The molecule has 0 unspecified atom stereocenters. The lowest BCUT2D eigenvalue weighted by atomic mass is 9.81. The molecule has 8 aliphatic heterocycles. The summed E-state index contributed by atoms with van der Waals surface area (Å²) in [6, 6.07) is 62.9. The van der Waals surface area contributed by atoms with Gasteiger partial charge >= 0.3 is 0 Å². The topological polar surface area (TPSA) is 241 Å². The molecule has 27 heteroatoms. The number of likely N-dealkylation sites (tertiary alicyclic amines) is 4. The number of aromatic nitrogens is 5. The van der Waals surface area contributed by atoms with Gasteiger partial charge in [0, 0.05) is 193 Å². The van der Waals surface area contributed by atoms with Crippen molar-refractivity contribution in [3.8, 4) is 80.4 Å². The Kier molecular flexibility index (Phi) is 23.1. The number of rotatable bonds is 12. The van der Waals surface area contributed by atoms with E-state index in [0.717, 1.165) is 86.8 Å². The van der Waals surface area contributed by atoms with Crippen molar-refractivity contribution in [2.24, 2.45) is 7.05 Å². The third-order valence-electron chi connectivity index (χ3n) is 25.1. The highest BCUT2D eigenvalue weighted by Crippen LogP contribution is 2.52. The average molecular weight is 1710 g/mol. The van der Waals surface area contributed by atoms with Gasteiger partial charge in [-0.2, -0.15) is 10.4 Å². The Morgan fingerprint density at radius 2 is 0.936 bits per heavy atom. The minimum Gasteiger partial charge on any atom is -0.497 e. The molecule has 125 heavy (non-hydrogen) atoms. The monoisotopic (exact) mass is 1710 g/mol. The summed E-state index contributed by atoms with van der Waals surface area (Å²) in [5, 5.41) is 25.0. The first-order chi connectivity index (χ1) is 60.5. The number of nitrogens with zero attached hydrogens (tertiary/aromatic N) is 10. The van der Waals surface area contributed by atoms with Crippen molar-refractivity contribution in [2.45, 2.75) is 93.2 Å². The first kappa shape index (κ1) is 83.9. The fourth-order valence-corrected chi connectivity index (χ4v) is 18.7. The number of amides is 4. The van der Waals surface area contributed by atoms with Gasteiger partial charge in [-0.15, -0.1) is 0 Å². The predicted octanol–water partition coefficient (Wildman–Crippen LogP) is 16.7. The molecule has 20 rings (SSSR count). The van der Waals surface area contributed by atoms with Crippen LogP contribution in [0.15, 0.2) is 225 Å². The summed E-state index contributed by atoms with van der Waals surface area (Å²) in [6.45, 7) is 8.55. The zero-order valence-electron chi connectivity index (χ0n) is 70.5. The smallest absolute Gasteiger partial charge is 0.254 e. The maximum absolute atomic E-state index is 14.0. The first-order valence-electron chi connectivity index (χ1n) is 41.8. The largest absolute Gasteiger partial charge is 0.497 e. The van der Waals surface area contributed by atoms with Crippen molar-refractivity contribution in [3.05, 3.63) is 298 Å². The molecule has 0 saturated carbocycles. The van der Waals surface area contributed by atoms with Crippen molar-refractivity contribution in [1.82, 2.24) is 43.1 Å². The van der Waals surface area contributed by atoms with Crippen LogP contribution >= 0.6 is 11.6 Å². The molecule has 4 spiro atoms. The molecule has 12 aromatic rings. The van der Waals surface area contributed by atoms with E-state index in [1.54, 1.807) is 86.4 Å². The van der Waals surface area contributed by atoms with Gasteiger partial charge in [0.15, 0.2) is 28.4 Å².